The molecule has 1 aliphatic heterocycles. The number of esters is 1. The summed E-state index contributed by atoms with van der Waals surface area (Å²) >= 11 is 2.21. The maximum absolute atomic E-state index is 12.1. The van der Waals surface area contributed by atoms with Gasteiger partial charge in [-0.05, 0) is 71.0 Å². The van der Waals surface area contributed by atoms with E-state index in [9.17, 15) is 4.79 Å². The summed E-state index contributed by atoms with van der Waals surface area (Å²) in [4.78, 5) is 16.4. The van der Waals surface area contributed by atoms with Crippen molar-refractivity contribution in [2.24, 2.45) is 4.99 Å². The molecule has 0 atom stereocenters. The smallest absolute Gasteiger partial charge is 0.363 e. The Morgan fingerprint density at radius 1 is 1.20 bits per heavy atom. The predicted octanol–water partition coefficient (Wildman–Crippen LogP) is 4.81. The first-order valence-corrected chi connectivity index (χ1v) is 9.25. The lowest BCUT2D eigenvalue weighted by Crippen LogP contribution is -2.05. The van der Waals surface area contributed by atoms with Gasteiger partial charge in [-0.3, -0.25) is 0 Å². The van der Waals surface area contributed by atoms with Crippen LogP contribution in [0.3, 0.4) is 0 Å². The number of benzene rings is 2. The average Bonchev–Trinajstić information content (AvgIpc) is 2.97. The van der Waals surface area contributed by atoms with Crippen LogP contribution in [-0.2, 0) is 9.53 Å². The van der Waals surface area contributed by atoms with Crippen molar-refractivity contribution in [3.8, 4) is 5.75 Å². The molecule has 3 rings (SSSR count). The molecule has 0 N–H and O–H groups in total. The lowest BCUT2D eigenvalue weighted by molar-refractivity contribution is -0.129. The summed E-state index contributed by atoms with van der Waals surface area (Å²) in [6, 6.07) is 15.3. The van der Waals surface area contributed by atoms with E-state index in [-0.39, 0.29) is 0 Å². The minimum atomic E-state index is -0.433. The number of hydrogen-bond donors (Lipinski definition) is 0. The zero-order valence-electron chi connectivity index (χ0n) is 13.9. The van der Waals surface area contributed by atoms with E-state index < -0.39 is 5.97 Å². The van der Waals surface area contributed by atoms with Crippen LogP contribution in [-0.4, -0.2) is 18.5 Å². The third kappa shape index (κ3) is 4.69. The molecular formula is C20H18INO3. The maximum Gasteiger partial charge on any atom is 0.363 e. The standard InChI is InChI=1S/C20H18INO3/c1-2-3-11-24-17-9-7-14(8-10-17)12-18-20(23)25-19(22-18)15-5-4-6-16(21)13-15/h4-10,12-13H,2-3,11H2,1H3/b18-12+. The van der Waals surface area contributed by atoms with Gasteiger partial charge < -0.3 is 9.47 Å². The Kier molecular flexibility index (Phi) is 5.86. The molecule has 128 valence electrons. The van der Waals surface area contributed by atoms with Gasteiger partial charge in [0.2, 0.25) is 5.90 Å². The fraction of sp³-hybridized carbons (Fsp3) is 0.200. The lowest BCUT2D eigenvalue weighted by atomic mass is 10.2. The summed E-state index contributed by atoms with van der Waals surface area (Å²) in [7, 11) is 0. The Hall–Kier alpha value is -2.15. The van der Waals surface area contributed by atoms with Crippen molar-refractivity contribution in [3.63, 3.8) is 0 Å². The SMILES string of the molecule is CCCCOc1ccc(/C=C2/N=C(c3cccc(I)c3)OC2=O)cc1. The van der Waals surface area contributed by atoms with Crippen LogP contribution < -0.4 is 4.74 Å². The van der Waals surface area contributed by atoms with Crippen molar-refractivity contribution in [2.75, 3.05) is 6.61 Å². The molecule has 0 saturated heterocycles. The van der Waals surface area contributed by atoms with Crippen molar-refractivity contribution in [3.05, 3.63) is 68.9 Å². The van der Waals surface area contributed by atoms with Crippen molar-refractivity contribution < 1.29 is 14.3 Å². The van der Waals surface area contributed by atoms with E-state index in [0.29, 0.717) is 18.2 Å². The minimum absolute atomic E-state index is 0.300. The van der Waals surface area contributed by atoms with Crippen LogP contribution >= 0.6 is 22.6 Å². The fourth-order valence-electron chi connectivity index (χ4n) is 2.31. The second-order valence-electron chi connectivity index (χ2n) is 5.62. The molecule has 5 heteroatoms. The molecule has 0 fully saturated rings. The highest BCUT2D eigenvalue weighted by molar-refractivity contribution is 14.1. The fourth-order valence-corrected chi connectivity index (χ4v) is 2.85. The highest BCUT2D eigenvalue weighted by Crippen LogP contribution is 2.21. The van der Waals surface area contributed by atoms with E-state index in [1.54, 1.807) is 6.08 Å². The van der Waals surface area contributed by atoms with Crippen LogP contribution in [0, 0.1) is 3.57 Å². The van der Waals surface area contributed by atoms with E-state index >= 15 is 0 Å². The predicted molar refractivity (Wildman–Crippen MR) is 107 cm³/mol. The number of nitrogens with zero attached hydrogens (tertiary/aromatic N) is 1. The number of carbonyl (C=O) groups is 1. The summed E-state index contributed by atoms with van der Waals surface area (Å²) in [5, 5.41) is 0. The molecule has 2 aromatic rings. The third-order valence-corrected chi connectivity index (χ3v) is 4.31. The molecule has 0 spiro atoms. The first-order chi connectivity index (χ1) is 12.2. The number of cyclic esters (lactones) is 1. The summed E-state index contributed by atoms with van der Waals surface area (Å²) < 4.78 is 12.0. The summed E-state index contributed by atoms with van der Waals surface area (Å²) in [6.45, 7) is 2.84. The van der Waals surface area contributed by atoms with Crippen LogP contribution in [0.5, 0.6) is 5.75 Å². The Morgan fingerprint density at radius 2 is 2.00 bits per heavy atom. The first-order valence-electron chi connectivity index (χ1n) is 8.17. The number of carbonyl (C=O) groups excluding carboxylic acids is 1. The number of rotatable bonds is 6. The molecule has 0 aromatic heterocycles. The number of hydrogen-bond acceptors (Lipinski definition) is 4. The molecule has 4 nitrogen and oxygen atoms in total. The van der Waals surface area contributed by atoms with Crippen LogP contribution in [0.2, 0.25) is 0 Å². The second-order valence-corrected chi connectivity index (χ2v) is 6.86. The summed E-state index contributed by atoms with van der Waals surface area (Å²) in [5.41, 5.74) is 1.97. The van der Waals surface area contributed by atoms with E-state index in [1.165, 1.54) is 0 Å². The lowest BCUT2D eigenvalue weighted by Gasteiger charge is -2.05. The van der Waals surface area contributed by atoms with E-state index in [0.717, 1.165) is 33.3 Å². The number of unbranched alkanes of at least 4 members (excludes halogenated alkanes) is 1. The van der Waals surface area contributed by atoms with Crippen molar-refractivity contribution in [2.45, 2.75) is 19.8 Å². The van der Waals surface area contributed by atoms with Gasteiger partial charge in [0.15, 0.2) is 5.70 Å². The summed E-state index contributed by atoms with van der Waals surface area (Å²) in [5.74, 6) is 0.735. The topological polar surface area (TPSA) is 47.9 Å². The molecule has 1 aliphatic rings. The van der Waals surface area contributed by atoms with Gasteiger partial charge >= 0.3 is 5.97 Å². The van der Waals surface area contributed by atoms with Gasteiger partial charge in [0.05, 0.1) is 6.61 Å². The van der Waals surface area contributed by atoms with E-state index in [4.69, 9.17) is 9.47 Å². The van der Waals surface area contributed by atoms with Gasteiger partial charge in [-0.1, -0.05) is 31.5 Å². The van der Waals surface area contributed by atoms with E-state index in [1.807, 2.05) is 48.5 Å². The largest absolute Gasteiger partial charge is 0.494 e. The van der Waals surface area contributed by atoms with Gasteiger partial charge in [-0.25, -0.2) is 9.79 Å². The van der Waals surface area contributed by atoms with Gasteiger partial charge in [-0.2, -0.15) is 0 Å². The molecule has 0 saturated carbocycles. The van der Waals surface area contributed by atoms with Crippen LogP contribution in [0.25, 0.3) is 6.08 Å². The normalized spacial score (nSPS) is 15.2. The van der Waals surface area contributed by atoms with Crippen LogP contribution in [0.4, 0.5) is 0 Å². The quantitative estimate of drug-likeness (QED) is 0.276. The molecule has 0 unspecified atom stereocenters. The molecule has 2 aromatic carbocycles. The van der Waals surface area contributed by atoms with Crippen molar-refractivity contribution in [1.82, 2.24) is 0 Å². The van der Waals surface area contributed by atoms with Gasteiger partial charge in [0.25, 0.3) is 0 Å². The monoisotopic (exact) mass is 447 g/mol. The Bertz CT molecular complexity index is 825. The molecule has 0 radical (unpaired) electrons. The number of aliphatic imine (C=N–C) groups is 1. The van der Waals surface area contributed by atoms with E-state index in [2.05, 4.69) is 34.5 Å². The number of ether oxygens (including phenoxy) is 2. The highest BCUT2D eigenvalue weighted by atomic mass is 127. The third-order valence-electron chi connectivity index (χ3n) is 3.64. The molecule has 0 aliphatic carbocycles. The number of halogens is 1. The maximum atomic E-state index is 12.1. The van der Waals surface area contributed by atoms with Crippen LogP contribution in [0.15, 0.2) is 59.2 Å². The second kappa shape index (κ2) is 8.29. The Balaban J connectivity index is 1.75. The minimum Gasteiger partial charge on any atom is -0.494 e. The molecule has 0 amide bonds. The summed E-state index contributed by atoms with van der Waals surface area (Å²) in [6.07, 6.45) is 3.86. The Morgan fingerprint density at radius 3 is 2.72 bits per heavy atom. The zero-order chi connectivity index (χ0) is 17.6. The molecule has 0 bridgehead atoms. The highest BCUT2D eigenvalue weighted by Gasteiger charge is 2.24. The molecule has 1 heterocycles. The van der Waals surface area contributed by atoms with Crippen molar-refractivity contribution in [1.29, 1.82) is 0 Å². The zero-order valence-corrected chi connectivity index (χ0v) is 16.0. The molecular weight excluding hydrogens is 429 g/mol. The van der Waals surface area contributed by atoms with Gasteiger partial charge in [-0.15, -0.1) is 0 Å². The first kappa shape index (κ1) is 17.7. The van der Waals surface area contributed by atoms with Gasteiger partial charge in [0, 0.05) is 9.13 Å². The van der Waals surface area contributed by atoms with Crippen LogP contribution in [0.1, 0.15) is 30.9 Å². The average molecular weight is 447 g/mol. The van der Waals surface area contributed by atoms with Crippen molar-refractivity contribution >= 4 is 40.5 Å². The van der Waals surface area contributed by atoms with Gasteiger partial charge in [0.1, 0.15) is 5.75 Å². The Labute approximate surface area is 160 Å². The molecule has 25 heavy (non-hydrogen) atoms.